The van der Waals surface area contributed by atoms with Gasteiger partial charge in [0.05, 0.1) is 22.8 Å². The van der Waals surface area contributed by atoms with Crippen molar-refractivity contribution in [1.29, 1.82) is 0 Å². The zero-order chi connectivity index (χ0) is 52.7. The van der Waals surface area contributed by atoms with Crippen molar-refractivity contribution < 1.29 is 0 Å². The number of para-hydroxylation sites is 2. The highest BCUT2D eigenvalue weighted by Gasteiger charge is 2.12. The fraction of sp³-hybridized carbons (Fsp3) is 0.722. The Morgan fingerprint density at radius 1 is 0.297 bits per heavy atom. The van der Waals surface area contributed by atoms with Crippen molar-refractivity contribution in [2.45, 2.75) is 336 Å². The van der Waals surface area contributed by atoms with Crippen LogP contribution < -0.4 is 0 Å². The van der Waals surface area contributed by atoms with E-state index in [4.69, 9.17) is 9.98 Å². The average molecular weight is 1020 g/mol. The predicted octanol–water partition coefficient (Wildman–Crippen LogP) is 25.3. The van der Waals surface area contributed by atoms with Crippen LogP contribution in [0.1, 0.15) is 334 Å². The third-order valence-corrected chi connectivity index (χ3v) is 15.5. The van der Waals surface area contributed by atoms with Crippen LogP contribution in [0.3, 0.4) is 0 Å². The monoisotopic (exact) mass is 1010 g/mol. The molecule has 0 aliphatic heterocycles. The van der Waals surface area contributed by atoms with Crippen molar-refractivity contribution in [2.75, 3.05) is 0 Å². The Hall–Kier alpha value is -3.00. The maximum absolute atomic E-state index is 5.55. The molecule has 0 aliphatic carbocycles. The summed E-state index contributed by atoms with van der Waals surface area (Å²) in [6.45, 7) is 9.22. The highest BCUT2D eigenvalue weighted by atomic mass is 14.8. The number of aliphatic imine (C=N–C) groups is 2. The summed E-state index contributed by atoms with van der Waals surface area (Å²) in [7, 11) is 0. The first-order chi connectivity index (χ1) is 36.7. The summed E-state index contributed by atoms with van der Waals surface area (Å²) in [6.07, 6.45) is 78.7. The van der Waals surface area contributed by atoms with Crippen LogP contribution in [0.25, 0.3) is 0 Å². The van der Waals surface area contributed by atoms with E-state index in [2.05, 4.69) is 113 Å². The molecule has 0 amide bonds. The third-order valence-electron chi connectivity index (χ3n) is 15.5. The summed E-state index contributed by atoms with van der Waals surface area (Å²) in [5.41, 5.74) is 7.16. The van der Waals surface area contributed by atoms with Crippen LogP contribution in [0.15, 0.2) is 95.0 Å². The fourth-order valence-electron chi connectivity index (χ4n) is 10.5. The van der Waals surface area contributed by atoms with E-state index >= 15 is 0 Å². The van der Waals surface area contributed by atoms with Gasteiger partial charge in [-0.2, -0.15) is 0 Å². The number of rotatable bonds is 54. The lowest BCUT2D eigenvalue weighted by atomic mass is 10.0. The molecule has 74 heavy (non-hydrogen) atoms. The maximum Gasteiger partial charge on any atom is 0.0848 e. The van der Waals surface area contributed by atoms with Crippen molar-refractivity contribution in [2.24, 2.45) is 9.98 Å². The second-order valence-electron chi connectivity index (χ2n) is 22.6. The molecule has 0 heterocycles. The molecule has 0 aliphatic rings. The summed E-state index contributed by atoms with van der Waals surface area (Å²) >= 11 is 0. The molecule has 0 spiro atoms. The lowest BCUT2D eigenvalue weighted by Crippen LogP contribution is -2.12. The van der Waals surface area contributed by atoms with Crippen LogP contribution >= 0.6 is 0 Å². The number of allylic oxidation sites excluding steroid dienone is 6. The molecule has 2 rings (SSSR count). The Labute approximate surface area is 462 Å². The average Bonchev–Trinajstić information content (AvgIpc) is 3.42. The number of hydrogen-bond donors (Lipinski definition) is 0. The van der Waals surface area contributed by atoms with Gasteiger partial charge in [-0.15, -0.1) is 0 Å². The zero-order valence-electron chi connectivity index (χ0n) is 49.9. The van der Waals surface area contributed by atoms with Crippen molar-refractivity contribution in [1.82, 2.24) is 0 Å². The molecule has 0 atom stereocenters. The molecule has 0 aromatic heterocycles. The number of nitrogens with zero attached hydrogens (tertiary/aromatic N) is 2. The van der Waals surface area contributed by atoms with E-state index in [0.29, 0.717) is 0 Å². The van der Waals surface area contributed by atoms with E-state index in [-0.39, 0.29) is 0 Å². The van der Waals surface area contributed by atoms with E-state index in [9.17, 15) is 0 Å². The first kappa shape index (κ1) is 67.1. The topological polar surface area (TPSA) is 24.7 Å². The van der Waals surface area contributed by atoms with Gasteiger partial charge in [0.25, 0.3) is 0 Å². The van der Waals surface area contributed by atoms with Gasteiger partial charge in [-0.25, -0.2) is 4.99 Å². The fourth-order valence-corrected chi connectivity index (χ4v) is 10.5. The van der Waals surface area contributed by atoms with Crippen molar-refractivity contribution >= 4 is 22.8 Å². The summed E-state index contributed by atoms with van der Waals surface area (Å²) in [5, 5.41) is 0. The van der Waals surface area contributed by atoms with E-state index in [1.54, 1.807) is 0 Å². The van der Waals surface area contributed by atoms with E-state index in [0.717, 1.165) is 87.0 Å². The molecule has 2 heteroatoms. The second kappa shape index (κ2) is 53.4. The smallest absolute Gasteiger partial charge is 0.0848 e. The molecular weight excluding hydrogens is 893 g/mol. The van der Waals surface area contributed by atoms with Gasteiger partial charge in [-0.05, 0) is 119 Å². The number of benzene rings is 2. The van der Waals surface area contributed by atoms with Gasteiger partial charge in [0.2, 0.25) is 0 Å². The number of unbranched alkanes of at least 4 members (excludes halogenated alkanes) is 39. The predicted molar refractivity (Wildman–Crippen MR) is 337 cm³/mol. The van der Waals surface area contributed by atoms with Crippen LogP contribution in [-0.2, 0) is 12.8 Å². The lowest BCUT2D eigenvalue weighted by molar-refractivity contribution is 0.519. The van der Waals surface area contributed by atoms with Crippen LogP contribution in [0.2, 0.25) is 0 Å². The van der Waals surface area contributed by atoms with Crippen LogP contribution in [0, 0.1) is 0 Å². The Morgan fingerprint density at radius 3 is 0.932 bits per heavy atom. The minimum atomic E-state index is 0.945. The van der Waals surface area contributed by atoms with E-state index < -0.39 is 0 Å². The normalized spacial score (nSPS) is 12.5. The molecule has 0 saturated heterocycles. The van der Waals surface area contributed by atoms with Crippen LogP contribution in [0.5, 0.6) is 0 Å². The summed E-state index contributed by atoms with van der Waals surface area (Å²) < 4.78 is 0. The Bertz CT molecular complexity index is 1660. The first-order valence-electron chi connectivity index (χ1n) is 33.0. The minimum absolute atomic E-state index is 0.945. The zero-order valence-corrected chi connectivity index (χ0v) is 49.9. The van der Waals surface area contributed by atoms with Gasteiger partial charge >= 0.3 is 0 Å². The quantitative estimate of drug-likeness (QED) is 0.0358. The van der Waals surface area contributed by atoms with Gasteiger partial charge in [-0.3, -0.25) is 4.99 Å². The molecule has 0 fully saturated rings. The molecule has 2 nitrogen and oxygen atoms in total. The molecule has 0 N–H and O–H groups in total. The van der Waals surface area contributed by atoms with Gasteiger partial charge in [0, 0.05) is 0 Å². The molecular formula is C72H122N2. The molecule has 0 unspecified atom stereocenters. The van der Waals surface area contributed by atoms with Crippen molar-refractivity contribution in [3.05, 3.63) is 96.1 Å². The largest absolute Gasteiger partial charge is 0.251 e. The highest BCUT2D eigenvalue weighted by molar-refractivity contribution is 6.47. The Kier molecular flexibility index (Phi) is 48.4. The Balaban J connectivity index is 1.96. The maximum atomic E-state index is 5.55. The molecule has 2 aromatic rings. The first-order valence-corrected chi connectivity index (χ1v) is 33.0. The Morgan fingerprint density at radius 2 is 0.581 bits per heavy atom. The van der Waals surface area contributed by atoms with Crippen molar-refractivity contribution in [3.8, 4) is 0 Å². The van der Waals surface area contributed by atoms with Crippen molar-refractivity contribution in [3.63, 3.8) is 0 Å². The molecule has 2 aromatic carbocycles. The second-order valence-corrected chi connectivity index (χ2v) is 22.6. The minimum Gasteiger partial charge on any atom is -0.251 e. The van der Waals surface area contributed by atoms with Crippen LogP contribution in [0.4, 0.5) is 11.4 Å². The number of aryl methyl sites for hydroxylation is 2. The molecule has 0 radical (unpaired) electrons. The van der Waals surface area contributed by atoms with Gasteiger partial charge in [0.1, 0.15) is 0 Å². The molecule has 420 valence electrons. The molecule has 0 saturated carbocycles. The highest BCUT2D eigenvalue weighted by Crippen LogP contribution is 2.26. The van der Waals surface area contributed by atoms with Gasteiger partial charge in [-0.1, -0.05) is 313 Å². The van der Waals surface area contributed by atoms with Crippen LogP contribution in [-0.4, -0.2) is 11.4 Å². The molecule has 0 bridgehead atoms. The lowest BCUT2D eigenvalue weighted by Gasteiger charge is -2.12. The SMILES string of the molecule is CCCCCCCCCC=CCCCc1ccccc1N=C(C=CCCCCCCCCCCCCCCCCCCCCCCCC)C(CCCC)=Nc1ccccc1CCCC=CCCCCCCCCC. The summed E-state index contributed by atoms with van der Waals surface area (Å²) in [4.78, 5) is 11.1. The standard InChI is InChI=1S/C72H122N2/c1-5-9-13-16-19-22-25-28-29-30-31-32-33-34-35-36-37-38-39-42-45-48-51-54-66-72(74-70-65-58-56-62-68(70)60-53-50-47-44-41-27-24-21-18-15-11-7-3)71(63-12-8-4)73-69-64-57-55-61-67(69)59-52-49-46-43-40-26-23-20-17-14-10-6-2/h43-44,46-47,54-58,61-62,64-66H,5-42,45,48-53,59-60,63H2,1-4H3. The van der Waals surface area contributed by atoms with E-state index in [1.807, 2.05) is 0 Å². The van der Waals surface area contributed by atoms with E-state index in [1.165, 1.54) is 255 Å². The third kappa shape index (κ3) is 40.3. The summed E-state index contributed by atoms with van der Waals surface area (Å²) in [6, 6.07) is 17.9. The van der Waals surface area contributed by atoms with Gasteiger partial charge in [0.15, 0.2) is 0 Å². The van der Waals surface area contributed by atoms with Gasteiger partial charge < -0.3 is 0 Å². The summed E-state index contributed by atoms with van der Waals surface area (Å²) in [5.74, 6) is 0. The number of hydrogen-bond acceptors (Lipinski definition) is 2.